The van der Waals surface area contributed by atoms with Crippen LogP contribution < -0.4 is 5.32 Å². The smallest absolute Gasteiger partial charge is 0.152 e. The van der Waals surface area contributed by atoms with Gasteiger partial charge in [0.15, 0.2) is 5.82 Å². The monoisotopic (exact) mass is 188 g/mol. The summed E-state index contributed by atoms with van der Waals surface area (Å²) < 4.78 is 0. The summed E-state index contributed by atoms with van der Waals surface area (Å²) in [5.41, 5.74) is 2.23. The van der Waals surface area contributed by atoms with E-state index in [4.69, 9.17) is 5.26 Å². The van der Waals surface area contributed by atoms with Crippen LogP contribution in [0.4, 0.5) is 5.82 Å². The standard InChI is InChI=1S/C10H12N4/c1-7(6-11)4-8(2)12-10-5-9(3)13-14-10/h4-5H,2H2,1,3H3,(H2,12,13,14)/b7-4+. The van der Waals surface area contributed by atoms with E-state index in [-0.39, 0.29) is 0 Å². The zero-order chi connectivity index (χ0) is 10.6. The van der Waals surface area contributed by atoms with Gasteiger partial charge in [0.05, 0.1) is 6.07 Å². The fraction of sp³-hybridized carbons (Fsp3) is 0.200. The predicted molar refractivity (Wildman–Crippen MR) is 55.5 cm³/mol. The lowest BCUT2D eigenvalue weighted by Gasteiger charge is -2.00. The highest BCUT2D eigenvalue weighted by Crippen LogP contribution is 2.08. The van der Waals surface area contributed by atoms with E-state index in [1.807, 2.05) is 19.1 Å². The molecule has 2 N–H and O–H groups in total. The van der Waals surface area contributed by atoms with Crippen LogP contribution in [0.2, 0.25) is 0 Å². The van der Waals surface area contributed by atoms with Gasteiger partial charge in [-0.3, -0.25) is 5.10 Å². The Bertz CT molecular complexity index is 406. The van der Waals surface area contributed by atoms with Gasteiger partial charge in [-0.15, -0.1) is 0 Å². The number of hydrogen-bond acceptors (Lipinski definition) is 3. The Morgan fingerprint density at radius 2 is 2.50 bits per heavy atom. The fourth-order valence-corrected chi connectivity index (χ4v) is 0.976. The molecule has 4 nitrogen and oxygen atoms in total. The summed E-state index contributed by atoms with van der Waals surface area (Å²) in [7, 11) is 0. The van der Waals surface area contributed by atoms with Crippen molar-refractivity contribution < 1.29 is 0 Å². The molecule has 1 rings (SSSR count). The van der Waals surface area contributed by atoms with Crippen molar-refractivity contribution in [2.45, 2.75) is 13.8 Å². The number of aromatic amines is 1. The van der Waals surface area contributed by atoms with E-state index in [0.29, 0.717) is 17.1 Å². The first-order chi connectivity index (χ1) is 6.61. The maximum Gasteiger partial charge on any atom is 0.152 e. The van der Waals surface area contributed by atoms with Crippen LogP contribution in [0.1, 0.15) is 12.6 Å². The first-order valence-electron chi connectivity index (χ1n) is 4.18. The van der Waals surface area contributed by atoms with E-state index in [2.05, 4.69) is 22.1 Å². The van der Waals surface area contributed by atoms with Crippen LogP contribution >= 0.6 is 0 Å². The average Bonchev–Trinajstić information content (AvgIpc) is 2.50. The molecule has 0 unspecified atom stereocenters. The number of H-pyrrole nitrogens is 1. The molecule has 0 amide bonds. The summed E-state index contributed by atoms with van der Waals surface area (Å²) in [4.78, 5) is 0. The van der Waals surface area contributed by atoms with Crippen molar-refractivity contribution in [3.63, 3.8) is 0 Å². The van der Waals surface area contributed by atoms with E-state index in [9.17, 15) is 0 Å². The molecule has 0 aromatic carbocycles. The topological polar surface area (TPSA) is 64.5 Å². The van der Waals surface area contributed by atoms with Gasteiger partial charge >= 0.3 is 0 Å². The van der Waals surface area contributed by atoms with E-state index in [1.165, 1.54) is 0 Å². The molecule has 0 aliphatic rings. The highest BCUT2D eigenvalue weighted by Gasteiger charge is 1.97. The van der Waals surface area contributed by atoms with Crippen molar-refractivity contribution >= 4 is 5.82 Å². The van der Waals surface area contributed by atoms with Gasteiger partial charge in [-0.05, 0) is 19.9 Å². The molecule has 0 fully saturated rings. The third-order valence-corrected chi connectivity index (χ3v) is 1.56. The van der Waals surface area contributed by atoms with Crippen LogP contribution in [-0.4, -0.2) is 10.2 Å². The Morgan fingerprint density at radius 1 is 1.79 bits per heavy atom. The van der Waals surface area contributed by atoms with Gasteiger partial charge in [-0.2, -0.15) is 10.4 Å². The quantitative estimate of drug-likeness (QED) is 0.564. The van der Waals surface area contributed by atoms with Gasteiger partial charge in [0.2, 0.25) is 0 Å². The molecule has 72 valence electrons. The minimum absolute atomic E-state index is 0.606. The normalized spacial score (nSPS) is 10.8. The van der Waals surface area contributed by atoms with Crippen molar-refractivity contribution in [3.05, 3.63) is 35.7 Å². The molecule has 0 aliphatic heterocycles. The number of nitrogens with zero attached hydrogens (tertiary/aromatic N) is 2. The lowest BCUT2D eigenvalue weighted by molar-refractivity contribution is 1.05. The average molecular weight is 188 g/mol. The van der Waals surface area contributed by atoms with Gasteiger partial charge in [0.25, 0.3) is 0 Å². The van der Waals surface area contributed by atoms with Crippen LogP contribution in [0.3, 0.4) is 0 Å². The highest BCUT2D eigenvalue weighted by atomic mass is 15.2. The molecule has 1 aromatic heterocycles. The van der Waals surface area contributed by atoms with Crippen molar-refractivity contribution in [1.29, 1.82) is 5.26 Å². The Hall–Kier alpha value is -2.02. The van der Waals surface area contributed by atoms with E-state index in [1.54, 1.807) is 13.0 Å². The molecular weight excluding hydrogens is 176 g/mol. The first kappa shape index (κ1) is 10.1. The summed E-state index contributed by atoms with van der Waals surface area (Å²) >= 11 is 0. The third kappa shape index (κ3) is 2.79. The molecule has 0 aliphatic carbocycles. The summed E-state index contributed by atoms with van der Waals surface area (Å²) in [5, 5.41) is 18.3. The number of rotatable bonds is 3. The van der Waals surface area contributed by atoms with Crippen molar-refractivity contribution in [3.8, 4) is 6.07 Å². The molecular formula is C10H12N4. The summed E-state index contributed by atoms with van der Waals surface area (Å²) in [5.74, 6) is 0.703. The van der Waals surface area contributed by atoms with Crippen LogP contribution in [0, 0.1) is 18.3 Å². The van der Waals surface area contributed by atoms with E-state index < -0.39 is 0 Å². The SMILES string of the molecule is C=C(/C=C(\C)C#N)Nc1cc(C)[nH]n1. The van der Waals surface area contributed by atoms with Crippen LogP contribution in [-0.2, 0) is 0 Å². The number of anilines is 1. The Kier molecular flexibility index (Phi) is 3.08. The molecule has 14 heavy (non-hydrogen) atoms. The largest absolute Gasteiger partial charge is 0.339 e. The van der Waals surface area contributed by atoms with Crippen LogP contribution in [0.5, 0.6) is 0 Å². The van der Waals surface area contributed by atoms with Gasteiger partial charge < -0.3 is 5.32 Å². The van der Waals surface area contributed by atoms with Crippen molar-refractivity contribution in [2.24, 2.45) is 0 Å². The number of aromatic nitrogens is 2. The minimum atomic E-state index is 0.606. The van der Waals surface area contributed by atoms with Crippen LogP contribution in [0.25, 0.3) is 0 Å². The maximum atomic E-state index is 8.54. The maximum absolute atomic E-state index is 8.54. The Balaban J connectivity index is 2.63. The van der Waals surface area contributed by atoms with Gasteiger partial charge in [-0.1, -0.05) is 6.58 Å². The fourth-order valence-electron chi connectivity index (χ4n) is 0.976. The molecule has 4 heteroatoms. The number of aryl methyl sites for hydroxylation is 1. The molecule has 0 bridgehead atoms. The molecule has 1 aromatic rings. The predicted octanol–water partition coefficient (Wildman–Crippen LogP) is 2.11. The number of allylic oxidation sites excluding steroid dienone is 2. The zero-order valence-corrected chi connectivity index (χ0v) is 8.26. The summed E-state index contributed by atoms with van der Waals surface area (Å²) in [6.45, 7) is 7.39. The Labute approximate surface area is 82.9 Å². The Morgan fingerprint density at radius 3 is 3.00 bits per heavy atom. The second-order valence-corrected chi connectivity index (χ2v) is 3.03. The number of nitrogens with one attached hydrogen (secondary N) is 2. The molecule has 0 atom stereocenters. The van der Waals surface area contributed by atoms with Gasteiger partial charge in [0, 0.05) is 23.0 Å². The number of hydrogen-bond donors (Lipinski definition) is 2. The molecule has 0 saturated carbocycles. The zero-order valence-electron chi connectivity index (χ0n) is 8.26. The molecule has 0 spiro atoms. The number of nitriles is 1. The molecule has 0 saturated heterocycles. The van der Waals surface area contributed by atoms with Crippen LogP contribution in [0.15, 0.2) is 30.0 Å². The summed E-state index contributed by atoms with van der Waals surface area (Å²) in [6.07, 6.45) is 1.67. The van der Waals surface area contributed by atoms with Crippen molar-refractivity contribution in [1.82, 2.24) is 10.2 Å². The second kappa shape index (κ2) is 4.28. The van der Waals surface area contributed by atoms with E-state index >= 15 is 0 Å². The van der Waals surface area contributed by atoms with Crippen molar-refractivity contribution in [2.75, 3.05) is 5.32 Å². The van der Waals surface area contributed by atoms with E-state index in [0.717, 1.165) is 5.69 Å². The highest BCUT2D eigenvalue weighted by molar-refractivity contribution is 5.45. The second-order valence-electron chi connectivity index (χ2n) is 3.03. The first-order valence-corrected chi connectivity index (χ1v) is 4.18. The van der Waals surface area contributed by atoms with Gasteiger partial charge in [-0.25, -0.2) is 0 Å². The third-order valence-electron chi connectivity index (χ3n) is 1.56. The minimum Gasteiger partial charge on any atom is -0.339 e. The van der Waals surface area contributed by atoms with Gasteiger partial charge in [0.1, 0.15) is 0 Å². The molecule has 1 heterocycles. The lowest BCUT2D eigenvalue weighted by atomic mass is 10.3. The lowest BCUT2D eigenvalue weighted by Crippen LogP contribution is -1.95. The summed E-state index contributed by atoms with van der Waals surface area (Å²) in [6, 6.07) is 3.88. The molecule has 0 radical (unpaired) electrons.